The van der Waals surface area contributed by atoms with Crippen LogP contribution in [0.3, 0.4) is 0 Å². The summed E-state index contributed by atoms with van der Waals surface area (Å²) in [6, 6.07) is 11.6. The fraction of sp³-hybridized carbons (Fsp3) is 0.625. The summed E-state index contributed by atoms with van der Waals surface area (Å²) in [6.45, 7) is 2.42. The summed E-state index contributed by atoms with van der Waals surface area (Å²) in [4.78, 5) is 0. The van der Waals surface area contributed by atoms with E-state index in [2.05, 4.69) is 49.6 Å². The number of hydrogen-bond donors (Lipinski definition) is 1. The van der Waals surface area contributed by atoms with Gasteiger partial charge in [0.15, 0.2) is 0 Å². The third-order valence-electron chi connectivity index (χ3n) is 4.40. The molecule has 0 amide bonds. The molecule has 1 aliphatic rings. The Balaban J connectivity index is 1.87. The Kier molecular flexibility index (Phi) is 4.61. The van der Waals surface area contributed by atoms with Crippen molar-refractivity contribution < 1.29 is 0 Å². The lowest BCUT2D eigenvalue weighted by atomic mass is 9.87. The zero-order valence-electron chi connectivity index (χ0n) is 11.2. The number of benzene rings is 1. The van der Waals surface area contributed by atoms with Gasteiger partial charge in [0, 0.05) is 6.04 Å². The Labute approximate surface area is 106 Å². The smallest absolute Gasteiger partial charge is 0.00980 e. The molecule has 1 aromatic rings. The van der Waals surface area contributed by atoms with Gasteiger partial charge in [0.2, 0.25) is 0 Å². The van der Waals surface area contributed by atoms with E-state index in [1.165, 1.54) is 37.7 Å². The van der Waals surface area contributed by atoms with Crippen molar-refractivity contribution in [3.05, 3.63) is 35.9 Å². The highest BCUT2D eigenvalue weighted by atomic mass is 14.9. The van der Waals surface area contributed by atoms with Gasteiger partial charge in [0.25, 0.3) is 0 Å². The predicted octanol–water partition coefficient (Wildman–Crippen LogP) is 3.64. The summed E-state index contributed by atoms with van der Waals surface area (Å²) in [5.41, 5.74) is 1.47. The fourth-order valence-corrected chi connectivity index (χ4v) is 3.31. The zero-order valence-corrected chi connectivity index (χ0v) is 11.2. The van der Waals surface area contributed by atoms with E-state index in [0.717, 1.165) is 11.8 Å². The number of rotatable bonds is 5. The van der Waals surface area contributed by atoms with Crippen LogP contribution in [0.2, 0.25) is 0 Å². The van der Waals surface area contributed by atoms with E-state index in [4.69, 9.17) is 0 Å². The molecule has 1 aromatic carbocycles. The molecule has 2 rings (SSSR count). The molecule has 1 aliphatic carbocycles. The van der Waals surface area contributed by atoms with E-state index in [-0.39, 0.29) is 0 Å². The van der Waals surface area contributed by atoms with Gasteiger partial charge < -0.3 is 5.32 Å². The van der Waals surface area contributed by atoms with Crippen molar-refractivity contribution in [1.29, 1.82) is 0 Å². The highest BCUT2D eigenvalue weighted by Crippen LogP contribution is 2.34. The topological polar surface area (TPSA) is 12.0 Å². The van der Waals surface area contributed by atoms with Crippen LogP contribution in [0.5, 0.6) is 0 Å². The van der Waals surface area contributed by atoms with Crippen molar-refractivity contribution in [3.63, 3.8) is 0 Å². The van der Waals surface area contributed by atoms with Crippen LogP contribution in [0.4, 0.5) is 0 Å². The van der Waals surface area contributed by atoms with Gasteiger partial charge in [-0.3, -0.25) is 0 Å². The molecule has 0 heterocycles. The minimum absolute atomic E-state index is 0.702. The van der Waals surface area contributed by atoms with Crippen LogP contribution in [-0.4, -0.2) is 13.1 Å². The van der Waals surface area contributed by atoms with Crippen LogP contribution in [0, 0.1) is 11.8 Å². The van der Waals surface area contributed by atoms with Crippen LogP contribution in [0.15, 0.2) is 30.3 Å². The first-order valence-electron chi connectivity index (χ1n) is 7.02. The van der Waals surface area contributed by atoms with Crippen LogP contribution < -0.4 is 5.32 Å². The lowest BCUT2D eigenvalue weighted by molar-refractivity contribution is 0.296. The summed E-state index contributed by atoms with van der Waals surface area (Å²) in [5, 5.41) is 3.54. The Morgan fingerprint density at radius 3 is 2.59 bits per heavy atom. The van der Waals surface area contributed by atoms with E-state index >= 15 is 0 Å². The molecule has 1 saturated carbocycles. The normalized spacial score (nSPS) is 26.0. The standard InChI is InChI=1S/C16H25N/c1-13-7-6-10-15(13)16(17-2)12-11-14-8-4-3-5-9-14/h3-5,8-9,13,15-17H,6-7,10-12H2,1-2H3. The Morgan fingerprint density at radius 1 is 1.24 bits per heavy atom. The molecule has 1 fully saturated rings. The van der Waals surface area contributed by atoms with Gasteiger partial charge in [-0.1, -0.05) is 50.1 Å². The first-order chi connectivity index (χ1) is 8.31. The van der Waals surface area contributed by atoms with Crippen LogP contribution >= 0.6 is 0 Å². The molecule has 0 bridgehead atoms. The molecular formula is C16H25N. The predicted molar refractivity (Wildman–Crippen MR) is 74.1 cm³/mol. The van der Waals surface area contributed by atoms with Gasteiger partial charge in [-0.05, 0) is 43.7 Å². The molecule has 1 nitrogen and oxygen atoms in total. The van der Waals surface area contributed by atoms with Crippen LogP contribution in [-0.2, 0) is 6.42 Å². The van der Waals surface area contributed by atoms with E-state index in [9.17, 15) is 0 Å². The highest BCUT2D eigenvalue weighted by Gasteiger charge is 2.29. The largest absolute Gasteiger partial charge is 0.317 e. The highest BCUT2D eigenvalue weighted by molar-refractivity contribution is 5.14. The van der Waals surface area contributed by atoms with E-state index in [1.807, 2.05) is 0 Å². The first kappa shape index (κ1) is 12.6. The van der Waals surface area contributed by atoms with Crippen molar-refractivity contribution in [2.75, 3.05) is 7.05 Å². The third-order valence-corrected chi connectivity index (χ3v) is 4.40. The van der Waals surface area contributed by atoms with Gasteiger partial charge in [0.05, 0.1) is 0 Å². The molecule has 1 N–H and O–H groups in total. The van der Waals surface area contributed by atoms with Crippen molar-refractivity contribution in [2.24, 2.45) is 11.8 Å². The zero-order chi connectivity index (χ0) is 12.1. The average Bonchev–Trinajstić information content (AvgIpc) is 2.78. The molecular weight excluding hydrogens is 206 g/mol. The van der Waals surface area contributed by atoms with Gasteiger partial charge in [0.1, 0.15) is 0 Å². The van der Waals surface area contributed by atoms with Gasteiger partial charge in [-0.25, -0.2) is 0 Å². The van der Waals surface area contributed by atoms with Crippen molar-refractivity contribution in [2.45, 2.75) is 45.1 Å². The van der Waals surface area contributed by atoms with E-state index in [1.54, 1.807) is 0 Å². The van der Waals surface area contributed by atoms with Gasteiger partial charge in [-0.15, -0.1) is 0 Å². The molecule has 0 spiro atoms. The molecule has 1 heteroatoms. The minimum atomic E-state index is 0.702. The molecule has 3 atom stereocenters. The minimum Gasteiger partial charge on any atom is -0.317 e. The number of hydrogen-bond acceptors (Lipinski definition) is 1. The van der Waals surface area contributed by atoms with Gasteiger partial charge >= 0.3 is 0 Å². The maximum atomic E-state index is 3.54. The monoisotopic (exact) mass is 231 g/mol. The molecule has 17 heavy (non-hydrogen) atoms. The summed E-state index contributed by atoms with van der Waals surface area (Å²) >= 11 is 0. The average molecular weight is 231 g/mol. The second-order valence-electron chi connectivity index (χ2n) is 5.49. The summed E-state index contributed by atoms with van der Waals surface area (Å²) in [7, 11) is 2.13. The Morgan fingerprint density at radius 2 is 2.00 bits per heavy atom. The van der Waals surface area contributed by atoms with Crippen LogP contribution in [0.25, 0.3) is 0 Å². The van der Waals surface area contributed by atoms with Crippen molar-refractivity contribution in [3.8, 4) is 0 Å². The molecule has 94 valence electrons. The van der Waals surface area contributed by atoms with E-state index < -0.39 is 0 Å². The summed E-state index contributed by atoms with van der Waals surface area (Å²) < 4.78 is 0. The lowest BCUT2D eigenvalue weighted by Gasteiger charge is -2.26. The quantitative estimate of drug-likeness (QED) is 0.815. The number of aryl methyl sites for hydroxylation is 1. The maximum Gasteiger partial charge on any atom is 0.00980 e. The second kappa shape index (κ2) is 6.20. The molecule has 0 saturated heterocycles. The Bertz CT molecular complexity index is 320. The maximum absolute atomic E-state index is 3.54. The molecule has 3 unspecified atom stereocenters. The van der Waals surface area contributed by atoms with Crippen molar-refractivity contribution >= 4 is 0 Å². The third kappa shape index (κ3) is 3.32. The molecule has 0 aromatic heterocycles. The number of nitrogens with one attached hydrogen (secondary N) is 1. The molecule has 0 aliphatic heterocycles. The lowest BCUT2D eigenvalue weighted by Crippen LogP contribution is -2.35. The van der Waals surface area contributed by atoms with Crippen molar-refractivity contribution in [1.82, 2.24) is 5.32 Å². The SMILES string of the molecule is CNC(CCc1ccccc1)C1CCCC1C. The summed E-state index contributed by atoms with van der Waals surface area (Å²) in [5.74, 6) is 1.80. The summed E-state index contributed by atoms with van der Waals surface area (Å²) in [6.07, 6.45) is 6.75. The van der Waals surface area contributed by atoms with Gasteiger partial charge in [-0.2, -0.15) is 0 Å². The fourth-order valence-electron chi connectivity index (χ4n) is 3.31. The molecule has 0 radical (unpaired) electrons. The second-order valence-corrected chi connectivity index (χ2v) is 5.49. The van der Waals surface area contributed by atoms with Crippen LogP contribution in [0.1, 0.15) is 38.2 Å². The first-order valence-corrected chi connectivity index (χ1v) is 7.02. The Hall–Kier alpha value is -0.820. The van der Waals surface area contributed by atoms with E-state index in [0.29, 0.717) is 6.04 Å².